The fourth-order valence-electron chi connectivity index (χ4n) is 2.81. The number of furan rings is 1. The first-order valence-corrected chi connectivity index (χ1v) is 8.30. The SMILES string of the molecule is C[C@H](NC(=O)c1ccoc1)C(=O)NCCO[C@@H]1CCCC[C@@H]1C. The van der Waals surface area contributed by atoms with Gasteiger partial charge in [0.25, 0.3) is 5.91 Å². The number of hydrogen-bond donors (Lipinski definition) is 2. The van der Waals surface area contributed by atoms with Gasteiger partial charge in [-0.2, -0.15) is 0 Å². The van der Waals surface area contributed by atoms with Gasteiger partial charge in [-0.1, -0.05) is 19.8 Å². The number of rotatable bonds is 7. The Hall–Kier alpha value is -1.82. The summed E-state index contributed by atoms with van der Waals surface area (Å²) in [6, 6.07) is 0.949. The molecule has 6 heteroatoms. The van der Waals surface area contributed by atoms with Crippen molar-refractivity contribution >= 4 is 11.8 Å². The molecular formula is C17H26N2O4. The van der Waals surface area contributed by atoms with Gasteiger partial charge in [0.05, 0.1) is 24.5 Å². The first-order valence-electron chi connectivity index (χ1n) is 8.30. The second kappa shape index (κ2) is 8.72. The third kappa shape index (κ3) is 5.39. The van der Waals surface area contributed by atoms with E-state index in [0.29, 0.717) is 30.7 Å². The molecule has 1 aromatic heterocycles. The molecule has 1 saturated carbocycles. The first-order chi connectivity index (χ1) is 11.1. The number of amides is 2. The van der Waals surface area contributed by atoms with Gasteiger partial charge in [0.15, 0.2) is 0 Å². The van der Waals surface area contributed by atoms with E-state index in [9.17, 15) is 9.59 Å². The van der Waals surface area contributed by atoms with Crippen LogP contribution in [0.3, 0.4) is 0 Å². The molecule has 2 rings (SSSR count). The molecule has 0 saturated heterocycles. The Morgan fingerprint density at radius 3 is 2.87 bits per heavy atom. The van der Waals surface area contributed by atoms with Crippen LogP contribution in [0.2, 0.25) is 0 Å². The highest BCUT2D eigenvalue weighted by Crippen LogP contribution is 2.25. The van der Waals surface area contributed by atoms with Gasteiger partial charge in [-0.3, -0.25) is 9.59 Å². The molecule has 1 heterocycles. The van der Waals surface area contributed by atoms with Gasteiger partial charge in [0.1, 0.15) is 12.3 Å². The van der Waals surface area contributed by atoms with E-state index in [0.717, 1.165) is 6.42 Å². The van der Waals surface area contributed by atoms with Crippen LogP contribution in [0.5, 0.6) is 0 Å². The van der Waals surface area contributed by atoms with Crippen LogP contribution in [0.1, 0.15) is 49.9 Å². The lowest BCUT2D eigenvalue weighted by Crippen LogP contribution is -2.45. The molecule has 6 nitrogen and oxygen atoms in total. The van der Waals surface area contributed by atoms with Gasteiger partial charge in [-0.25, -0.2) is 0 Å². The van der Waals surface area contributed by atoms with Gasteiger partial charge in [0.2, 0.25) is 5.91 Å². The first kappa shape index (κ1) is 17.5. The van der Waals surface area contributed by atoms with Crippen molar-refractivity contribution < 1.29 is 18.7 Å². The topological polar surface area (TPSA) is 80.6 Å². The summed E-state index contributed by atoms with van der Waals surface area (Å²) in [7, 11) is 0. The Labute approximate surface area is 137 Å². The molecule has 1 fully saturated rings. The van der Waals surface area contributed by atoms with Gasteiger partial charge in [-0.15, -0.1) is 0 Å². The van der Waals surface area contributed by atoms with Crippen LogP contribution in [0.15, 0.2) is 23.0 Å². The maximum absolute atomic E-state index is 12.0. The molecule has 1 aromatic rings. The Bertz CT molecular complexity index is 501. The van der Waals surface area contributed by atoms with E-state index >= 15 is 0 Å². The summed E-state index contributed by atoms with van der Waals surface area (Å²) in [5, 5.41) is 5.41. The predicted octanol–water partition coefficient (Wildman–Crippen LogP) is 2.11. The summed E-state index contributed by atoms with van der Waals surface area (Å²) in [5.74, 6) is 0.0449. The summed E-state index contributed by atoms with van der Waals surface area (Å²) in [4.78, 5) is 23.8. The molecule has 0 aromatic carbocycles. The maximum atomic E-state index is 12.0. The van der Waals surface area contributed by atoms with Crippen LogP contribution in [0.4, 0.5) is 0 Å². The molecule has 1 aliphatic rings. The van der Waals surface area contributed by atoms with Gasteiger partial charge < -0.3 is 19.8 Å². The quantitative estimate of drug-likeness (QED) is 0.754. The Morgan fingerprint density at radius 2 is 2.17 bits per heavy atom. The molecule has 2 amide bonds. The zero-order valence-electron chi connectivity index (χ0n) is 13.8. The third-order valence-electron chi connectivity index (χ3n) is 4.29. The molecule has 128 valence electrons. The van der Waals surface area contributed by atoms with E-state index in [1.165, 1.54) is 31.8 Å². The average Bonchev–Trinajstić information content (AvgIpc) is 3.07. The standard InChI is InChI=1S/C17H26N2O4/c1-12-5-3-4-6-15(12)23-10-8-18-16(20)13(2)19-17(21)14-7-9-22-11-14/h7,9,11-13,15H,3-6,8,10H2,1-2H3,(H,18,20)(H,19,21)/t12-,13-,15+/m0/s1. The van der Waals surface area contributed by atoms with Crippen LogP contribution >= 0.6 is 0 Å². The minimum absolute atomic E-state index is 0.220. The number of nitrogens with one attached hydrogen (secondary N) is 2. The Kier molecular flexibility index (Phi) is 6.65. The lowest BCUT2D eigenvalue weighted by Gasteiger charge is -2.28. The predicted molar refractivity (Wildman–Crippen MR) is 86.0 cm³/mol. The van der Waals surface area contributed by atoms with Crippen molar-refractivity contribution in [1.82, 2.24) is 10.6 Å². The number of carbonyl (C=O) groups is 2. The second-order valence-corrected chi connectivity index (χ2v) is 6.17. The monoisotopic (exact) mass is 322 g/mol. The van der Waals surface area contributed by atoms with E-state index in [1.54, 1.807) is 13.0 Å². The van der Waals surface area contributed by atoms with Crippen molar-refractivity contribution in [3.05, 3.63) is 24.2 Å². The minimum atomic E-state index is -0.606. The van der Waals surface area contributed by atoms with E-state index in [2.05, 4.69) is 17.6 Å². The fraction of sp³-hybridized carbons (Fsp3) is 0.647. The molecule has 23 heavy (non-hydrogen) atoms. The van der Waals surface area contributed by atoms with Gasteiger partial charge >= 0.3 is 0 Å². The van der Waals surface area contributed by atoms with Crippen molar-refractivity contribution in [2.24, 2.45) is 5.92 Å². The normalized spacial score (nSPS) is 22.3. The molecule has 3 atom stereocenters. The van der Waals surface area contributed by atoms with Crippen molar-refractivity contribution in [2.75, 3.05) is 13.2 Å². The lowest BCUT2D eigenvalue weighted by atomic mass is 9.88. The van der Waals surface area contributed by atoms with E-state index in [-0.39, 0.29) is 11.8 Å². The Balaban J connectivity index is 1.63. The molecule has 0 spiro atoms. The summed E-state index contributed by atoms with van der Waals surface area (Å²) >= 11 is 0. The van der Waals surface area contributed by atoms with Crippen LogP contribution in [0.25, 0.3) is 0 Å². The zero-order chi connectivity index (χ0) is 16.7. The van der Waals surface area contributed by atoms with Crippen molar-refractivity contribution in [1.29, 1.82) is 0 Å². The minimum Gasteiger partial charge on any atom is -0.472 e. The molecule has 2 N–H and O–H groups in total. The van der Waals surface area contributed by atoms with Gasteiger partial charge in [-0.05, 0) is 31.7 Å². The van der Waals surface area contributed by atoms with Gasteiger partial charge in [0, 0.05) is 6.54 Å². The highest BCUT2D eigenvalue weighted by atomic mass is 16.5. The average molecular weight is 322 g/mol. The lowest BCUT2D eigenvalue weighted by molar-refractivity contribution is -0.123. The Morgan fingerprint density at radius 1 is 1.39 bits per heavy atom. The van der Waals surface area contributed by atoms with Crippen molar-refractivity contribution in [2.45, 2.75) is 51.7 Å². The van der Waals surface area contributed by atoms with Crippen molar-refractivity contribution in [3.8, 4) is 0 Å². The van der Waals surface area contributed by atoms with Crippen LogP contribution in [0, 0.1) is 5.92 Å². The molecule has 0 aliphatic heterocycles. The summed E-state index contributed by atoms with van der Waals surface area (Å²) in [5.41, 5.74) is 0.402. The summed E-state index contributed by atoms with van der Waals surface area (Å²) in [6.07, 6.45) is 7.89. The number of ether oxygens (including phenoxy) is 1. The smallest absolute Gasteiger partial charge is 0.255 e. The van der Waals surface area contributed by atoms with Crippen LogP contribution in [-0.4, -0.2) is 37.1 Å². The molecule has 0 unspecified atom stereocenters. The highest BCUT2D eigenvalue weighted by Gasteiger charge is 2.22. The molecular weight excluding hydrogens is 296 g/mol. The largest absolute Gasteiger partial charge is 0.472 e. The van der Waals surface area contributed by atoms with Crippen LogP contribution in [-0.2, 0) is 9.53 Å². The zero-order valence-corrected chi connectivity index (χ0v) is 13.8. The van der Waals surface area contributed by atoms with E-state index in [4.69, 9.17) is 9.15 Å². The second-order valence-electron chi connectivity index (χ2n) is 6.17. The number of carbonyl (C=O) groups excluding carboxylic acids is 2. The molecule has 0 bridgehead atoms. The summed E-state index contributed by atoms with van der Waals surface area (Å²) in [6.45, 7) is 4.82. The van der Waals surface area contributed by atoms with E-state index < -0.39 is 6.04 Å². The van der Waals surface area contributed by atoms with Crippen molar-refractivity contribution in [3.63, 3.8) is 0 Å². The molecule has 0 radical (unpaired) electrons. The fourth-order valence-corrected chi connectivity index (χ4v) is 2.81. The highest BCUT2D eigenvalue weighted by molar-refractivity contribution is 5.97. The third-order valence-corrected chi connectivity index (χ3v) is 4.29. The van der Waals surface area contributed by atoms with Crippen LogP contribution < -0.4 is 10.6 Å². The van der Waals surface area contributed by atoms with E-state index in [1.807, 2.05) is 0 Å². The summed E-state index contributed by atoms with van der Waals surface area (Å²) < 4.78 is 10.7. The molecule has 1 aliphatic carbocycles. The maximum Gasteiger partial charge on any atom is 0.255 e. The number of hydrogen-bond acceptors (Lipinski definition) is 4.